The number of benzene rings is 3. The molecule has 0 fully saturated rings. The molecule has 2 N–H and O–H groups in total. The summed E-state index contributed by atoms with van der Waals surface area (Å²) in [6.45, 7) is 4.56. The van der Waals surface area contributed by atoms with E-state index in [9.17, 15) is 14.7 Å². The fraction of sp³-hybridized carbons (Fsp3) is 0.212. The first-order valence-corrected chi connectivity index (χ1v) is 13.1. The van der Waals surface area contributed by atoms with Crippen LogP contribution in [0.5, 0.6) is 5.75 Å². The van der Waals surface area contributed by atoms with Gasteiger partial charge in [-0.1, -0.05) is 74.5 Å². The predicted octanol–water partition coefficient (Wildman–Crippen LogP) is 6.52. The van der Waals surface area contributed by atoms with E-state index in [1.807, 2.05) is 79.0 Å². The summed E-state index contributed by atoms with van der Waals surface area (Å²) < 4.78 is 5.39. The van der Waals surface area contributed by atoms with Crippen molar-refractivity contribution in [2.45, 2.75) is 32.2 Å². The van der Waals surface area contributed by atoms with Crippen LogP contribution in [0.1, 0.15) is 48.1 Å². The van der Waals surface area contributed by atoms with E-state index in [1.165, 1.54) is 6.08 Å². The number of hydrogen-bond acceptors (Lipinski definition) is 4. The van der Waals surface area contributed by atoms with Gasteiger partial charge in [0.05, 0.1) is 18.7 Å². The number of nitrogens with one attached hydrogen (secondary N) is 1. The molecule has 4 aromatic rings. The summed E-state index contributed by atoms with van der Waals surface area (Å²) in [5, 5.41) is 12.0. The third kappa shape index (κ3) is 5.23. The summed E-state index contributed by atoms with van der Waals surface area (Å²) in [5.74, 6) is -0.320. The largest absolute Gasteiger partial charge is 0.503 e. The normalized spacial score (nSPS) is 15.7. The molecule has 0 radical (unpaired) electrons. The molecule has 1 aromatic heterocycles. The third-order valence-corrected chi connectivity index (χ3v) is 7.31. The molecule has 39 heavy (non-hydrogen) atoms. The summed E-state index contributed by atoms with van der Waals surface area (Å²) in [6, 6.07) is 22.5. The number of H-pyrrole nitrogens is 1. The Morgan fingerprint density at radius 3 is 2.51 bits per heavy atom. The average molecular weight is 521 g/mol. The maximum absolute atomic E-state index is 13.5. The van der Waals surface area contributed by atoms with Crippen LogP contribution >= 0.6 is 0 Å². The van der Waals surface area contributed by atoms with Crippen molar-refractivity contribution in [3.8, 4) is 5.75 Å². The lowest BCUT2D eigenvalue weighted by Gasteiger charge is -2.27. The molecule has 0 saturated carbocycles. The molecule has 0 bridgehead atoms. The van der Waals surface area contributed by atoms with Crippen molar-refractivity contribution >= 4 is 28.7 Å². The standard InChI is InChI=1S/C33H32N2O4/c1-21(2)23-10-12-24(13-11-23)31-30(29(36)16-9-22-7-5-4-6-8-22)32(37)33(38)35(31)18-17-25-20-34-28-15-14-26(39-3)19-27(25)28/h4-16,19-21,31,34,37H,17-18H2,1-3H3/b16-9+. The molecular weight excluding hydrogens is 488 g/mol. The number of hydrogen-bond donors (Lipinski definition) is 2. The molecule has 0 aliphatic carbocycles. The van der Waals surface area contributed by atoms with Gasteiger partial charge in [0.2, 0.25) is 0 Å². The van der Waals surface area contributed by atoms with Crippen LogP contribution in [0.15, 0.2) is 96.4 Å². The topological polar surface area (TPSA) is 82.6 Å². The molecule has 6 heteroatoms. The van der Waals surface area contributed by atoms with E-state index in [0.29, 0.717) is 18.9 Å². The molecule has 3 aromatic carbocycles. The Hall–Kier alpha value is -4.58. The molecule has 1 amide bonds. The van der Waals surface area contributed by atoms with Crippen LogP contribution in [0.4, 0.5) is 0 Å². The van der Waals surface area contributed by atoms with Gasteiger partial charge in [0, 0.05) is 23.6 Å². The zero-order valence-electron chi connectivity index (χ0n) is 22.3. The van der Waals surface area contributed by atoms with Gasteiger partial charge < -0.3 is 19.7 Å². The van der Waals surface area contributed by atoms with Gasteiger partial charge in [-0.3, -0.25) is 9.59 Å². The number of aromatic nitrogens is 1. The number of methoxy groups -OCH3 is 1. The summed E-state index contributed by atoms with van der Waals surface area (Å²) >= 11 is 0. The fourth-order valence-electron chi connectivity index (χ4n) is 5.10. The van der Waals surface area contributed by atoms with Crippen molar-refractivity contribution in [2.75, 3.05) is 13.7 Å². The first kappa shape index (κ1) is 26.0. The minimum absolute atomic E-state index is 0.102. The Balaban J connectivity index is 1.48. The SMILES string of the molecule is COc1ccc2[nH]cc(CCN3C(=O)C(O)=C(C(=O)/C=C/c4ccccc4)C3c3ccc(C(C)C)cc3)c2c1. The lowest BCUT2D eigenvalue weighted by Crippen LogP contribution is -2.33. The van der Waals surface area contributed by atoms with Crippen molar-refractivity contribution in [2.24, 2.45) is 0 Å². The molecule has 0 saturated heterocycles. The minimum atomic E-state index is -0.689. The first-order chi connectivity index (χ1) is 18.9. The van der Waals surface area contributed by atoms with E-state index in [4.69, 9.17) is 4.74 Å². The van der Waals surface area contributed by atoms with E-state index in [2.05, 4.69) is 18.8 Å². The zero-order valence-corrected chi connectivity index (χ0v) is 22.3. The van der Waals surface area contributed by atoms with Crippen molar-refractivity contribution in [3.63, 3.8) is 0 Å². The lowest BCUT2D eigenvalue weighted by atomic mass is 9.93. The van der Waals surface area contributed by atoms with Crippen LogP contribution in [-0.4, -0.2) is 40.3 Å². The molecule has 1 aliphatic rings. The van der Waals surface area contributed by atoms with Crippen LogP contribution in [0, 0.1) is 0 Å². The monoisotopic (exact) mass is 520 g/mol. The number of nitrogens with zero attached hydrogens (tertiary/aromatic N) is 1. The van der Waals surface area contributed by atoms with Gasteiger partial charge in [-0.15, -0.1) is 0 Å². The van der Waals surface area contributed by atoms with Crippen molar-refractivity contribution < 1.29 is 19.4 Å². The number of rotatable bonds is 9. The Morgan fingerprint density at radius 2 is 1.82 bits per heavy atom. The van der Waals surface area contributed by atoms with Crippen molar-refractivity contribution in [1.29, 1.82) is 0 Å². The Labute approximate surface area is 228 Å². The zero-order chi connectivity index (χ0) is 27.5. The number of aromatic amines is 1. The van der Waals surface area contributed by atoms with E-state index < -0.39 is 17.7 Å². The highest BCUT2D eigenvalue weighted by molar-refractivity contribution is 6.14. The molecule has 6 nitrogen and oxygen atoms in total. The van der Waals surface area contributed by atoms with Gasteiger partial charge in [-0.2, -0.15) is 0 Å². The molecule has 1 atom stereocenters. The highest BCUT2D eigenvalue weighted by atomic mass is 16.5. The van der Waals surface area contributed by atoms with Crippen LogP contribution in [0.2, 0.25) is 0 Å². The lowest BCUT2D eigenvalue weighted by molar-refractivity contribution is -0.129. The molecule has 1 aliphatic heterocycles. The number of amides is 1. The molecular formula is C33H32N2O4. The van der Waals surface area contributed by atoms with Crippen LogP contribution in [-0.2, 0) is 16.0 Å². The number of fused-ring (bicyclic) bond motifs is 1. The Kier molecular flexibility index (Phi) is 7.37. The Morgan fingerprint density at radius 1 is 1.08 bits per heavy atom. The van der Waals surface area contributed by atoms with Gasteiger partial charge >= 0.3 is 0 Å². The van der Waals surface area contributed by atoms with Gasteiger partial charge in [0.1, 0.15) is 5.75 Å². The second-order valence-electron chi connectivity index (χ2n) is 10.1. The average Bonchev–Trinajstić information content (AvgIpc) is 3.48. The second kappa shape index (κ2) is 11.0. The van der Waals surface area contributed by atoms with E-state index >= 15 is 0 Å². The minimum Gasteiger partial charge on any atom is -0.503 e. The van der Waals surface area contributed by atoms with E-state index in [0.717, 1.165) is 38.9 Å². The number of aliphatic hydroxyl groups is 1. The predicted molar refractivity (Wildman–Crippen MR) is 154 cm³/mol. The molecule has 198 valence electrons. The number of ether oxygens (including phenoxy) is 1. The van der Waals surface area contributed by atoms with Gasteiger partial charge in [0.25, 0.3) is 5.91 Å². The highest BCUT2D eigenvalue weighted by Gasteiger charge is 2.42. The highest BCUT2D eigenvalue weighted by Crippen LogP contribution is 2.39. The van der Waals surface area contributed by atoms with Crippen molar-refractivity contribution in [1.82, 2.24) is 9.88 Å². The van der Waals surface area contributed by atoms with E-state index in [-0.39, 0.29) is 11.4 Å². The molecule has 1 unspecified atom stereocenters. The summed E-state index contributed by atoms with van der Waals surface area (Å²) in [6.07, 6.45) is 5.60. The number of allylic oxidation sites excluding steroid dienone is 1. The summed E-state index contributed by atoms with van der Waals surface area (Å²) in [4.78, 5) is 31.7. The first-order valence-electron chi connectivity index (χ1n) is 13.1. The quantitative estimate of drug-likeness (QED) is 0.246. The molecule has 0 spiro atoms. The number of carbonyl (C=O) groups excluding carboxylic acids is 2. The van der Waals surface area contributed by atoms with Gasteiger partial charge in [0.15, 0.2) is 11.5 Å². The van der Waals surface area contributed by atoms with Gasteiger partial charge in [-0.05, 0) is 58.9 Å². The van der Waals surface area contributed by atoms with Gasteiger partial charge in [-0.25, -0.2) is 0 Å². The number of ketones is 1. The molecule has 2 heterocycles. The summed E-state index contributed by atoms with van der Waals surface area (Å²) in [7, 11) is 1.63. The fourth-order valence-corrected chi connectivity index (χ4v) is 5.10. The van der Waals surface area contributed by atoms with Crippen LogP contribution in [0.3, 0.4) is 0 Å². The third-order valence-electron chi connectivity index (χ3n) is 7.31. The number of carbonyl (C=O) groups is 2. The smallest absolute Gasteiger partial charge is 0.290 e. The maximum atomic E-state index is 13.5. The van der Waals surface area contributed by atoms with Crippen LogP contribution in [0.25, 0.3) is 17.0 Å². The maximum Gasteiger partial charge on any atom is 0.290 e. The Bertz CT molecular complexity index is 1560. The number of aliphatic hydroxyl groups excluding tert-OH is 1. The summed E-state index contributed by atoms with van der Waals surface area (Å²) in [5.41, 5.74) is 4.90. The van der Waals surface area contributed by atoms with Crippen LogP contribution < -0.4 is 4.74 Å². The second-order valence-corrected chi connectivity index (χ2v) is 10.1. The molecule has 5 rings (SSSR count). The van der Waals surface area contributed by atoms with E-state index in [1.54, 1.807) is 18.1 Å². The van der Waals surface area contributed by atoms with Crippen molar-refractivity contribution in [3.05, 3.63) is 119 Å².